The molecule has 0 aliphatic rings. The van der Waals surface area contributed by atoms with Crippen LogP contribution in [0.3, 0.4) is 0 Å². The summed E-state index contributed by atoms with van der Waals surface area (Å²) in [6.45, 7) is 5.96. The van der Waals surface area contributed by atoms with Crippen molar-refractivity contribution in [1.29, 1.82) is 0 Å². The first-order valence-electron chi connectivity index (χ1n) is 5.17. The second kappa shape index (κ2) is 5.38. The van der Waals surface area contributed by atoms with Gasteiger partial charge >= 0.3 is 0 Å². The molecule has 0 bridgehead atoms. The van der Waals surface area contributed by atoms with E-state index in [4.69, 9.17) is 22.1 Å². The monoisotopic (exact) mass is 227 g/mol. The summed E-state index contributed by atoms with van der Waals surface area (Å²) in [4.78, 5) is 0. The average molecular weight is 228 g/mol. The largest absolute Gasteiger partial charge is 0.491 e. The van der Waals surface area contributed by atoms with Gasteiger partial charge in [0.25, 0.3) is 0 Å². The molecule has 1 rings (SSSR count). The molecule has 0 fully saturated rings. The van der Waals surface area contributed by atoms with Gasteiger partial charge in [0.15, 0.2) is 0 Å². The molecule has 0 aliphatic carbocycles. The lowest BCUT2D eigenvalue weighted by Gasteiger charge is -2.17. The maximum absolute atomic E-state index is 5.93. The van der Waals surface area contributed by atoms with Crippen LogP contribution >= 0.6 is 11.6 Å². The number of nitrogens with two attached hydrogens (primary N) is 1. The van der Waals surface area contributed by atoms with E-state index in [1.807, 2.05) is 39.0 Å². The Morgan fingerprint density at radius 3 is 2.60 bits per heavy atom. The predicted molar refractivity (Wildman–Crippen MR) is 64.5 cm³/mol. The van der Waals surface area contributed by atoms with Crippen molar-refractivity contribution in [2.45, 2.75) is 39.3 Å². The lowest BCUT2D eigenvalue weighted by molar-refractivity contribution is 0.203. The molecule has 84 valence electrons. The van der Waals surface area contributed by atoms with Gasteiger partial charge in [0.05, 0.1) is 6.10 Å². The Balaban J connectivity index is 2.60. The van der Waals surface area contributed by atoms with Crippen molar-refractivity contribution in [2.75, 3.05) is 0 Å². The summed E-state index contributed by atoms with van der Waals surface area (Å²) in [5.74, 6) is 0.852. The molecule has 1 aromatic carbocycles. The molecule has 0 saturated carbocycles. The molecule has 2 unspecified atom stereocenters. The fourth-order valence-corrected chi connectivity index (χ4v) is 1.61. The van der Waals surface area contributed by atoms with Gasteiger partial charge in [-0.1, -0.05) is 11.6 Å². The quantitative estimate of drug-likeness (QED) is 0.858. The maximum atomic E-state index is 5.93. The number of benzene rings is 1. The van der Waals surface area contributed by atoms with Crippen molar-refractivity contribution in [3.05, 3.63) is 28.8 Å². The Kier molecular flexibility index (Phi) is 4.43. The van der Waals surface area contributed by atoms with Crippen molar-refractivity contribution in [3.8, 4) is 5.75 Å². The lowest BCUT2D eigenvalue weighted by Crippen LogP contribution is -2.24. The Hall–Kier alpha value is -0.730. The first-order chi connectivity index (χ1) is 6.99. The van der Waals surface area contributed by atoms with Crippen LogP contribution in [0.2, 0.25) is 5.02 Å². The van der Waals surface area contributed by atoms with Gasteiger partial charge in [-0.15, -0.1) is 0 Å². The zero-order valence-corrected chi connectivity index (χ0v) is 10.2. The van der Waals surface area contributed by atoms with E-state index in [-0.39, 0.29) is 12.1 Å². The number of hydrogen-bond donors (Lipinski definition) is 1. The summed E-state index contributed by atoms with van der Waals surface area (Å²) in [5, 5.41) is 0.766. The van der Waals surface area contributed by atoms with Crippen LogP contribution in [0.5, 0.6) is 5.75 Å². The Morgan fingerprint density at radius 1 is 1.40 bits per heavy atom. The molecular weight excluding hydrogens is 210 g/mol. The topological polar surface area (TPSA) is 35.2 Å². The van der Waals surface area contributed by atoms with E-state index in [1.54, 1.807) is 0 Å². The molecule has 0 amide bonds. The van der Waals surface area contributed by atoms with Gasteiger partial charge in [-0.2, -0.15) is 0 Å². The highest BCUT2D eigenvalue weighted by Gasteiger charge is 2.07. The van der Waals surface area contributed by atoms with Crippen LogP contribution < -0.4 is 10.5 Å². The molecule has 0 heterocycles. The Bertz CT molecular complexity index is 325. The summed E-state index contributed by atoms with van der Waals surface area (Å²) in [6, 6.07) is 5.84. The summed E-state index contributed by atoms with van der Waals surface area (Å²) >= 11 is 5.93. The molecular formula is C12H18ClNO. The minimum Gasteiger partial charge on any atom is -0.491 e. The van der Waals surface area contributed by atoms with Crippen molar-refractivity contribution >= 4 is 11.6 Å². The van der Waals surface area contributed by atoms with E-state index < -0.39 is 0 Å². The zero-order chi connectivity index (χ0) is 11.4. The lowest BCUT2D eigenvalue weighted by atomic mass is 10.1. The smallest absolute Gasteiger partial charge is 0.120 e. The van der Waals surface area contributed by atoms with Crippen LogP contribution in [0, 0.1) is 6.92 Å². The standard InChI is InChI=1S/C12H18ClNO/c1-8-6-11(4-5-12(8)13)15-10(3)7-9(2)14/h4-6,9-10H,7,14H2,1-3H3. The third-order valence-corrected chi connectivity index (χ3v) is 2.59. The van der Waals surface area contributed by atoms with E-state index in [0.717, 1.165) is 22.8 Å². The number of ether oxygens (including phenoxy) is 1. The second-order valence-corrected chi connectivity index (χ2v) is 4.46. The molecule has 3 heteroatoms. The van der Waals surface area contributed by atoms with Crippen molar-refractivity contribution < 1.29 is 4.74 Å². The minimum absolute atomic E-state index is 0.130. The van der Waals surface area contributed by atoms with Crippen molar-refractivity contribution in [3.63, 3.8) is 0 Å². The molecule has 1 aromatic rings. The van der Waals surface area contributed by atoms with Gasteiger partial charge in [0, 0.05) is 11.1 Å². The fraction of sp³-hybridized carbons (Fsp3) is 0.500. The molecule has 2 N–H and O–H groups in total. The first kappa shape index (κ1) is 12.3. The summed E-state index contributed by atoms with van der Waals surface area (Å²) in [5.41, 5.74) is 6.73. The van der Waals surface area contributed by atoms with Gasteiger partial charge in [0.2, 0.25) is 0 Å². The van der Waals surface area contributed by atoms with E-state index >= 15 is 0 Å². The highest BCUT2D eigenvalue weighted by molar-refractivity contribution is 6.31. The summed E-state index contributed by atoms with van der Waals surface area (Å²) in [7, 11) is 0. The zero-order valence-electron chi connectivity index (χ0n) is 9.46. The minimum atomic E-state index is 0.130. The number of hydrogen-bond acceptors (Lipinski definition) is 2. The Morgan fingerprint density at radius 2 is 2.07 bits per heavy atom. The number of halogens is 1. The first-order valence-corrected chi connectivity index (χ1v) is 5.55. The normalized spacial score (nSPS) is 14.7. The van der Waals surface area contributed by atoms with Crippen molar-refractivity contribution in [1.82, 2.24) is 0 Å². The fourth-order valence-electron chi connectivity index (χ4n) is 1.49. The van der Waals surface area contributed by atoms with E-state index in [2.05, 4.69) is 0 Å². The van der Waals surface area contributed by atoms with Gasteiger partial charge in [0.1, 0.15) is 5.75 Å². The van der Waals surface area contributed by atoms with Gasteiger partial charge in [-0.25, -0.2) is 0 Å². The predicted octanol–water partition coefficient (Wildman–Crippen LogP) is 3.15. The van der Waals surface area contributed by atoms with E-state index in [1.165, 1.54) is 0 Å². The maximum Gasteiger partial charge on any atom is 0.120 e. The van der Waals surface area contributed by atoms with E-state index in [9.17, 15) is 0 Å². The van der Waals surface area contributed by atoms with Gasteiger partial charge in [-0.05, 0) is 51.0 Å². The van der Waals surface area contributed by atoms with Crippen LogP contribution in [-0.4, -0.2) is 12.1 Å². The number of rotatable bonds is 4. The van der Waals surface area contributed by atoms with Crippen molar-refractivity contribution in [2.24, 2.45) is 5.73 Å². The van der Waals surface area contributed by atoms with Crippen LogP contribution in [0.4, 0.5) is 0 Å². The third-order valence-electron chi connectivity index (χ3n) is 2.17. The Labute approximate surface area is 96.4 Å². The van der Waals surface area contributed by atoms with Gasteiger partial charge in [-0.3, -0.25) is 0 Å². The van der Waals surface area contributed by atoms with Gasteiger partial charge < -0.3 is 10.5 Å². The molecule has 2 nitrogen and oxygen atoms in total. The molecule has 0 aliphatic heterocycles. The molecule has 0 saturated heterocycles. The molecule has 0 aromatic heterocycles. The second-order valence-electron chi connectivity index (χ2n) is 4.05. The third kappa shape index (κ3) is 4.10. The van der Waals surface area contributed by atoms with E-state index in [0.29, 0.717) is 0 Å². The molecule has 15 heavy (non-hydrogen) atoms. The van der Waals surface area contributed by atoms with Crippen LogP contribution in [0.1, 0.15) is 25.8 Å². The SMILES string of the molecule is Cc1cc(OC(C)CC(C)N)ccc1Cl. The molecule has 0 spiro atoms. The summed E-state index contributed by atoms with van der Waals surface area (Å²) in [6.07, 6.45) is 0.979. The van der Waals surface area contributed by atoms with Crippen LogP contribution in [0.15, 0.2) is 18.2 Å². The average Bonchev–Trinajstić information content (AvgIpc) is 2.10. The molecule has 0 radical (unpaired) electrons. The summed E-state index contributed by atoms with van der Waals surface area (Å²) < 4.78 is 5.72. The highest BCUT2D eigenvalue weighted by Crippen LogP contribution is 2.22. The highest BCUT2D eigenvalue weighted by atomic mass is 35.5. The van der Waals surface area contributed by atoms with Crippen LogP contribution in [0.25, 0.3) is 0 Å². The number of aryl methyl sites for hydroxylation is 1. The van der Waals surface area contributed by atoms with Crippen LogP contribution in [-0.2, 0) is 0 Å². The molecule has 2 atom stereocenters.